The van der Waals surface area contributed by atoms with E-state index in [4.69, 9.17) is 4.42 Å². The van der Waals surface area contributed by atoms with Crippen LogP contribution in [0.15, 0.2) is 83.5 Å². The maximum absolute atomic E-state index is 13.7. The van der Waals surface area contributed by atoms with Gasteiger partial charge in [0.1, 0.15) is 11.4 Å². The van der Waals surface area contributed by atoms with Crippen LogP contribution in [-0.2, 0) is 6.42 Å². The molecule has 0 aliphatic rings. The lowest BCUT2D eigenvalue weighted by Gasteiger charge is -2.05. The number of hydrogen-bond acceptors (Lipinski definition) is 3. The fraction of sp³-hybridized carbons (Fsp3) is 0.0435. The first-order valence-corrected chi connectivity index (χ1v) is 8.73. The number of rotatable bonds is 3. The lowest BCUT2D eigenvalue weighted by atomic mass is 10.0. The molecule has 3 nitrogen and oxygen atoms in total. The average Bonchev–Trinajstić information content (AvgIpc) is 3.06. The normalized spacial score (nSPS) is 11.3. The van der Waals surface area contributed by atoms with E-state index in [1.54, 1.807) is 12.3 Å². The summed E-state index contributed by atoms with van der Waals surface area (Å²) in [5.41, 5.74) is 5.27. The Balaban J connectivity index is 1.58. The lowest BCUT2D eigenvalue weighted by Crippen LogP contribution is -1.91. The summed E-state index contributed by atoms with van der Waals surface area (Å²) >= 11 is 0. The van der Waals surface area contributed by atoms with Crippen LogP contribution < -0.4 is 0 Å². The Morgan fingerprint density at radius 1 is 0.815 bits per heavy atom. The third-order valence-corrected chi connectivity index (χ3v) is 4.66. The van der Waals surface area contributed by atoms with Crippen molar-refractivity contribution in [2.75, 3.05) is 0 Å². The van der Waals surface area contributed by atoms with Crippen LogP contribution in [0.4, 0.5) is 4.39 Å². The first-order chi connectivity index (χ1) is 13.3. The minimum atomic E-state index is -0.293. The molecule has 0 atom stereocenters. The summed E-state index contributed by atoms with van der Waals surface area (Å²) < 4.78 is 19.4. The first-order valence-electron chi connectivity index (χ1n) is 8.73. The molecular formula is C23H15FN2O. The maximum atomic E-state index is 13.7. The number of pyridine rings is 2. The van der Waals surface area contributed by atoms with Crippen LogP contribution in [0.25, 0.3) is 33.3 Å². The smallest absolute Gasteiger partial charge is 0.227 e. The molecule has 0 unspecified atom stereocenters. The summed E-state index contributed by atoms with van der Waals surface area (Å²) in [6, 6.07) is 20.9. The van der Waals surface area contributed by atoms with Gasteiger partial charge in [-0.15, -0.1) is 0 Å². The molecule has 27 heavy (non-hydrogen) atoms. The molecule has 0 amide bonds. The SMILES string of the molecule is Fc1ccc2oc3ncc(-c4cc(Cc5ccccc5)ccn4)cc3c2c1. The summed E-state index contributed by atoms with van der Waals surface area (Å²) in [4.78, 5) is 8.90. The minimum Gasteiger partial charge on any atom is -0.438 e. The maximum Gasteiger partial charge on any atom is 0.227 e. The van der Waals surface area contributed by atoms with Gasteiger partial charge < -0.3 is 4.42 Å². The van der Waals surface area contributed by atoms with E-state index in [9.17, 15) is 4.39 Å². The summed E-state index contributed by atoms with van der Waals surface area (Å²) in [5, 5.41) is 1.51. The van der Waals surface area contributed by atoms with Crippen LogP contribution >= 0.6 is 0 Å². The van der Waals surface area contributed by atoms with Crippen molar-refractivity contribution in [1.29, 1.82) is 0 Å². The largest absolute Gasteiger partial charge is 0.438 e. The number of furan rings is 1. The van der Waals surface area contributed by atoms with Gasteiger partial charge >= 0.3 is 0 Å². The van der Waals surface area contributed by atoms with Crippen LogP contribution in [0.5, 0.6) is 0 Å². The van der Waals surface area contributed by atoms with Crippen molar-refractivity contribution in [3.63, 3.8) is 0 Å². The molecule has 5 rings (SSSR count). The third kappa shape index (κ3) is 2.95. The second-order valence-electron chi connectivity index (χ2n) is 6.53. The first kappa shape index (κ1) is 15.7. The van der Waals surface area contributed by atoms with E-state index >= 15 is 0 Å². The quantitative estimate of drug-likeness (QED) is 0.413. The summed E-state index contributed by atoms with van der Waals surface area (Å²) in [5.74, 6) is -0.293. The molecule has 3 aromatic heterocycles. The van der Waals surface area contributed by atoms with Gasteiger partial charge in [0.2, 0.25) is 5.71 Å². The van der Waals surface area contributed by atoms with Crippen molar-refractivity contribution in [3.05, 3.63) is 96.1 Å². The molecule has 0 spiro atoms. The summed E-state index contributed by atoms with van der Waals surface area (Å²) in [7, 11) is 0. The molecule has 130 valence electrons. The minimum absolute atomic E-state index is 0.293. The van der Waals surface area contributed by atoms with Crippen LogP contribution in [0, 0.1) is 5.82 Å². The van der Waals surface area contributed by atoms with Gasteiger partial charge in [-0.05, 0) is 53.9 Å². The van der Waals surface area contributed by atoms with Gasteiger partial charge in [-0.2, -0.15) is 0 Å². The average molecular weight is 354 g/mol. The molecular weight excluding hydrogens is 339 g/mol. The van der Waals surface area contributed by atoms with Gasteiger partial charge in [0, 0.05) is 28.7 Å². The molecule has 0 fully saturated rings. The Morgan fingerprint density at radius 2 is 1.70 bits per heavy atom. The highest BCUT2D eigenvalue weighted by molar-refractivity contribution is 6.04. The highest BCUT2D eigenvalue weighted by Crippen LogP contribution is 2.31. The van der Waals surface area contributed by atoms with E-state index in [0.717, 1.165) is 28.5 Å². The topological polar surface area (TPSA) is 38.9 Å². The predicted molar refractivity (Wildman–Crippen MR) is 104 cm³/mol. The molecule has 4 heteroatoms. The van der Waals surface area contributed by atoms with E-state index in [0.29, 0.717) is 11.3 Å². The summed E-state index contributed by atoms with van der Waals surface area (Å²) in [6.07, 6.45) is 4.40. The Hall–Kier alpha value is -3.53. The van der Waals surface area contributed by atoms with Gasteiger partial charge in [-0.25, -0.2) is 9.37 Å². The van der Waals surface area contributed by atoms with Gasteiger partial charge in [-0.1, -0.05) is 30.3 Å². The molecule has 2 aromatic carbocycles. The number of aromatic nitrogens is 2. The van der Waals surface area contributed by atoms with Gasteiger partial charge in [0.05, 0.1) is 5.69 Å². The highest BCUT2D eigenvalue weighted by Gasteiger charge is 2.11. The third-order valence-electron chi connectivity index (χ3n) is 4.66. The Morgan fingerprint density at radius 3 is 2.59 bits per heavy atom. The molecule has 3 heterocycles. The molecule has 0 N–H and O–H groups in total. The van der Waals surface area contributed by atoms with Crippen molar-refractivity contribution >= 4 is 22.1 Å². The lowest BCUT2D eigenvalue weighted by molar-refractivity contribution is 0.624. The van der Waals surface area contributed by atoms with Crippen molar-refractivity contribution in [1.82, 2.24) is 9.97 Å². The summed E-state index contributed by atoms with van der Waals surface area (Å²) in [6.45, 7) is 0. The van der Waals surface area contributed by atoms with Crippen molar-refractivity contribution in [3.8, 4) is 11.3 Å². The fourth-order valence-electron chi connectivity index (χ4n) is 3.35. The van der Waals surface area contributed by atoms with Crippen LogP contribution in [0.1, 0.15) is 11.1 Å². The molecule has 0 saturated carbocycles. The van der Waals surface area contributed by atoms with Crippen LogP contribution in [0.2, 0.25) is 0 Å². The molecule has 0 bridgehead atoms. The molecule has 0 aliphatic carbocycles. The molecule has 0 radical (unpaired) electrons. The van der Waals surface area contributed by atoms with Crippen molar-refractivity contribution < 1.29 is 8.81 Å². The molecule has 5 aromatic rings. The van der Waals surface area contributed by atoms with Crippen LogP contribution in [-0.4, -0.2) is 9.97 Å². The van der Waals surface area contributed by atoms with Gasteiger partial charge in [0.15, 0.2) is 0 Å². The number of nitrogens with zero attached hydrogens (tertiary/aromatic N) is 2. The number of benzene rings is 2. The van der Waals surface area contributed by atoms with Gasteiger partial charge in [0.25, 0.3) is 0 Å². The van der Waals surface area contributed by atoms with Crippen molar-refractivity contribution in [2.24, 2.45) is 0 Å². The molecule has 0 saturated heterocycles. The van der Waals surface area contributed by atoms with E-state index in [1.165, 1.54) is 23.3 Å². The van der Waals surface area contributed by atoms with E-state index in [1.807, 2.05) is 36.5 Å². The Labute approximate surface area is 155 Å². The van der Waals surface area contributed by atoms with E-state index in [-0.39, 0.29) is 5.82 Å². The zero-order valence-corrected chi connectivity index (χ0v) is 14.4. The number of halogens is 1. The zero-order valence-electron chi connectivity index (χ0n) is 14.4. The standard InChI is InChI=1S/C23H15FN2O/c24-18-6-7-22-19(13-18)20-12-17(14-26-23(20)27-22)21-11-16(8-9-25-21)10-15-4-2-1-3-5-15/h1-9,11-14H,10H2. The Bertz CT molecular complexity index is 1260. The number of hydrogen-bond donors (Lipinski definition) is 0. The Kier molecular flexibility index (Phi) is 3.68. The van der Waals surface area contributed by atoms with Crippen molar-refractivity contribution in [2.45, 2.75) is 6.42 Å². The van der Waals surface area contributed by atoms with E-state index in [2.05, 4.69) is 28.2 Å². The highest BCUT2D eigenvalue weighted by atomic mass is 19.1. The second kappa shape index (κ2) is 6.32. The van der Waals surface area contributed by atoms with Crippen LogP contribution in [0.3, 0.4) is 0 Å². The predicted octanol–water partition coefficient (Wildman–Crippen LogP) is 5.77. The van der Waals surface area contributed by atoms with E-state index < -0.39 is 0 Å². The molecule has 0 aliphatic heterocycles. The zero-order chi connectivity index (χ0) is 18.2. The number of fused-ring (bicyclic) bond motifs is 3. The fourth-order valence-corrected chi connectivity index (χ4v) is 3.35. The monoisotopic (exact) mass is 354 g/mol. The second-order valence-corrected chi connectivity index (χ2v) is 6.53. The van der Waals surface area contributed by atoms with Gasteiger partial charge in [-0.3, -0.25) is 4.98 Å².